The molecule has 108 valence electrons. The molecule has 1 aromatic carbocycles. The largest absolute Gasteiger partial charge is 0.508 e. The third-order valence-electron chi connectivity index (χ3n) is 2.60. The molecule has 0 spiro atoms. The molecule has 0 aliphatic rings. The van der Waals surface area contributed by atoms with Crippen molar-refractivity contribution in [1.29, 1.82) is 0 Å². The van der Waals surface area contributed by atoms with E-state index in [9.17, 15) is 9.59 Å². The van der Waals surface area contributed by atoms with E-state index in [2.05, 4.69) is 6.92 Å². The average Bonchev–Trinajstić information content (AvgIpc) is 2.39. The molecule has 2 rings (SSSR count). The fraction of sp³-hybridized carbons (Fsp3) is 0.333. The Morgan fingerprint density at radius 3 is 2.55 bits per heavy atom. The molecule has 0 fully saturated rings. The molecule has 2 N–H and O–H groups in total. The topological polar surface area (TPSA) is 87.7 Å². The van der Waals surface area contributed by atoms with Crippen molar-refractivity contribution in [3.8, 4) is 5.75 Å². The number of hydrogen-bond donors (Lipinski definition) is 2. The number of carbonyl (C=O) groups is 1. The van der Waals surface area contributed by atoms with Crippen LogP contribution in [0.3, 0.4) is 0 Å². The molecular formula is C15H18O5. The molecule has 0 bridgehead atoms. The SMILES string of the molecule is CCCCCC(=O)O.O=c1ccc2ccc(O)cc2o1. The molecule has 0 unspecified atom stereocenters. The van der Waals surface area contributed by atoms with Crippen LogP contribution in [0, 0.1) is 0 Å². The third kappa shape index (κ3) is 5.56. The lowest BCUT2D eigenvalue weighted by Crippen LogP contribution is -1.93. The van der Waals surface area contributed by atoms with Gasteiger partial charge in [0.2, 0.25) is 0 Å². The fourth-order valence-electron chi connectivity index (χ4n) is 1.58. The van der Waals surface area contributed by atoms with Gasteiger partial charge in [0.05, 0.1) is 0 Å². The minimum absolute atomic E-state index is 0.0943. The summed E-state index contributed by atoms with van der Waals surface area (Å²) in [4.78, 5) is 20.6. The second-order valence-electron chi connectivity index (χ2n) is 4.33. The number of unbranched alkanes of at least 4 members (excludes halogenated alkanes) is 2. The summed E-state index contributed by atoms with van der Waals surface area (Å²) < 4.78 is 4.83. The first-order chi connectivity index (χ1) is 9.52. The Labute approximate surface area is 116 Å². The summed E-state index contributed by atoms with van der Waals surface area (Å²) in [5.41, 5.74) is -0.00407. The summed E-state index contributed by atoms with van der Waals surface area (Å²) in [5, 5.41) is 18.0. The Hall–Kier alpha value is -2.30. The molecule has 1 heterocycles. The minimum atomic E-state index is -0.682. The van der Waals surface area contributed by atoms with Gasteiger partial charge < -0.3 is 14.6 Å². The maximum absolute atomic E-state index is 10.7. The van der Waals surface area contributed by atoms with Crippen LogP contribution in [-0.4, -0.2) is 16.2 Å². The highest BCUT2D eigenvalue weighted by atomic mass is 16.4. The second-order valence-corrected chi connectivity index (χ2v) is 4.33. The van der Waals surface area contributed by atoms with Gasteiger partial charge in [0.25, 0.3) is 0 Å². The summed E-state index contributed by atoms with van der Waals surface area (Å²) in [7, 11) is 0. The number of fused-ring (bicyclic) bond motifs is 1. The zero-order chi connectivity index (χ0) is 15.0. The third-order valence-corrected chi connectivity index (χ3v) is 2.60. The number of phenolic OH excluding ortho intramolecular Hbond substituents is 1. The van der Waals surface area contributed by atoms with Gasteiger partial charge in [0.15, 0.2) is 0 Å². The van der Waals surface area contributed by atoms with E-state index in [-0.39, 0.29) is 5.75 Å². The van der Waals surface area contributed by atoms with Gasteiger partial charge in [-0.15, -0.1) is 0 Å². The van der Waals surface area contributed by atoms with Gasteiger partial charge in [0, 0.05) is 23.9 Å². The lowest BCUT2D eigenvalue weighted by molar-refractivity contribution is -0.137. The van der Waals surface area contributed by atoms with Crippen molar-refractivity contribution < 1.29 is 19.4 Å². The summed E-state index contributed by atoms with van der Waals surface area (Å²) >= 11 is 0. The van der Waals surface area contributed by atoms with Crippen LogP contribution >= 0.6 is 0 Å². The highest BCUT2D eigenvalue weighted by molar-refractivity contribution is 5.77. The molecule has 0 radical (unpaired) electrons. The molecule has 5 nitrogen and oxygen atoms in total. The number of aromatic hydroxyl groups is 1. The molecule has 0 aliphatic carbocycles. The molecule has 0 saturated carbocycles. The van der Waals surface area contributed by atoms with E-state index < -0.39 is 11.6 Å². The predicted molar refractivity (Wildman–Crippen MR) is 75.9 cm³/mol. The first kappa shape index (κ1) is 15.8. The van der Waals surface area contributed by atoms with Crippen LogP contribution in [0.15, 0.2) is 39.5 Å². The number of aliphatic carboxylic acids is 1. The van der Waals surface area contributed by atoms with Crippen molar-refractivity contribution in [3.63, 3.8) is 0 Å². The van der Waals surface area contributed by atoms with Crippen LogP contribution in [0.4, 0.5) is 0 Å². The number of phenols is 1. The van der Waals surface area contributed by atoms with Crippen LogP contribution in [0.5, 0.6) is 5.75 Å². The van der Waals surface area contributed by atoms with E-state index >= 15 is 0 Å². The number of hydrogen-bond acceptors (Lipinski definition) is 4. The van der Waals surface area contributed by atoms with Gasteiger partial charge in [-0.05, 0) is 24.6 Å². The molecule has 0 saturated heterocycles. The molecule has 0 atom stereocenters. The standard InChI is InChI=1S/C9H6O3.C6H12O2/c10-7-3-1-6-2-4-9(11)12-8(6)5-7;1-2-3-4-5-6(7)8/h1-5,10H;2-5H2,1H3,(H,7,8). The highest BCUT2D eigenvalue weighted by Crippen LogP contribution is 2.17. The zero-order valence-electron chi connectivity index (χ0n) is 11.3. The first-order valence-corrected chi connectivity index (χ1v) is 6.47. The first-order valence-electron chi connectivity index (χ1n) is 6.47. The van der Waals surface area contributed by atoms with Crippen LogP contribution in [-0.2, 0) is 4.79 Å². The molecule has 0 amide bonds. The van der Waals surface area contributed by atoms with Crippen LogP contribution in [0.1, 0.15) is 32.6 Å². The Balaban J connectivity index is 0.000000221. The van der Waals surface area contributed by atoms with Crippen molar-refractivity contribution >= 4 is 16.9 Å². The zero-order valence-corrected chi connectivity index (χ0v) is 11.3. The lowest BCUT2D eigenvalue weighted by Gasteiger charge is -1.94. The van der Waals surface area contributed by atoms with Crippen LogP contribution in [0.25, 0.3) is 11.0 Å². The Kier molecular flexibility index (Phi) is 6.29. The Morgan fingerprint density at radius 2 is 1.90 bits per heavy atom. The summed E-state index contributed by atoms with van der Waals surface area (Å²) in [6.07, 6.45) is 3.28. The number of benzene rings is 1. The maximum atomic E-state index is 10.7. The van der Waals surface area contributed by atoms with Crippen LogP contribution in [0.2, 0.25) is 0 Å². The maximum Gasteiger partial charge on any atom is 0.336 e. The minimum Gasteiger partial charge on any atom is -0.508 e. The van der Waals surface area contributed by atoms with Gasteiger partial charge in [-0.2, -0.15) is 0 Å². The van der Waals surface area contributed by atoms with E-state index in [4.69, 9.17) is 14.6 Å². The molecule has 5 heteroatoms. The van der Waals surface area contributed by atoms with Crippen molar-refractivity contribution in [2.45, 2.75) is 32.6 Å². The van der Waals surface area contributed by atoms with Crippen molar-refractivity contribution in [2.75, 3.05) is 0 Å². The van der Waals surface area contributed by atoms with Gasteiger partial charge in [-0.3, -0.25) is 4.79 Å². The summed E-state index contributed by atoms with van der Waals surface area (Å²) in [6, 6.07) is 7.65. The number of carboxylic acid groups (broad SMARTS) is 1. The monoisotopic (exact) mass is 278 g/mol. The lowest BCUT2D eigenvalue weighted by atomic mass is 10.2. The van der Waals surface area contributed by atoms with E-state index in [0.29, 0.717) is 12.0 Å². The van der Waals surface area contributed by atoms with E-state index in [1.165, 1.54) is 12.1 Å². The molecule has 20 heavy (non-hydrogen) atoms. The van der Waals surface area contributed by atoms with Gasteiger partial charge in [0.1, 0.15) is 11.3 Å². The Morgan fingerprint density at radius 1 is 1.20 bits per heavy atom. The average molecular weight is 278 g/mol. The van der Waals surface area contributed by atoms with Crippen molar-refractivity contribution in [1.82, 2.24) is 0 Å². The number of carboxylic acids is 1. The van der Waals surface area contributed by atoms with Crippen molar-refractivity contribution in [2.24, 2.45) is 0 Å². The normalized spacial score (nSPS) is 9.85. The molecular weight excluding hydrogens is 260 g/mol. The van der Waals surface area contributed by atoms with E-state index in [1.54, 1.807) is 18.2 Å². The van der Waals surface area contributed by atoms with Crippen molar-refractivity contribution in [3.05, 3.63) is 40.8 Å². The summed E-state index contributed by atoms with van der Waals surface area (Å²) in [6.45, 7) is 2.06. The second kappa shape index (κ2) is 7.99. The summed E-state index contributed by atoms with van der Waals surface area (Å²) in [5.74, 6) is -0.588. The highest BCUT2D eigenvalue weighted by Gasteiger charge is 1.96. The van der Waals surface area contributed by atoms with Gasteiger partial charge >= 0.3 is 11.6 Å². The fourth-order valence-corrected chi connectivity index (χ4v) is 1.58. The van der Waals surface area contributed by atoms with Crippen LogP contribution < -0.4 is 5.63 Å². The Bertz CT molecular complexity index is 615. The smallest absolute Gasteiger partial charge is 0.336 e. The predicted octanol–water partition coefficient (Wildman–Crippen LogP) is 3.15. The number of rotatable bonds is 4. The van der Waals surface area contributed by atoms with Gasteiger partial charge in [-0.1, -0.05) is 19.8 Å². The van der Waals surface area contributed by atoms with Gasteiger partial charge in [-0.25, -0.2) is 4.79 Å². The quantitative estimate of drug-likeness (QED) is 0.662. The van der Waals surface area contributed by atoms with E-state index in [0.717, 1.165) is 24.6 Å². The molecule has 2 aromatic rings. The molecule has 0 aliphatic heterocycles. The molecule has 1 aromatic heterocycles. The van der Waals surface area contributed by atoms with E-state index in [1.807, 2.05) is 0 Å².